The highest BCUT2D eigenvalue weighted by Crippen LogP contribution is 2.30. The van der Waals surface area contributed by atoms with Gasteiger partial charge in [-0.3, -0.25) is 29.4 Å². The minimum atomic E-state index is -0.731. The van der Waals surface area contributed by atoms with Crippen LogP contribution in [-0.4, -0.2) is 43.0 Å². The molecule has 1 aliphatic rings. The monoisotopic (exact) mass is 699 g/mol. The van der Waals surface area contributed by atoms with E-state index >= 15 is 0 Å². The summed E-state index contributed by atoms with van der Waals surface area (Å²) in [5.74, 6) is -1.74. The number of nitro benzene ring substituents is 1. The van der Waals surface area contributed by atoms with Gasteiger partial charge in [-0.05, 0) is 74.2 Å². The molecule has 1 aliphatic heterocycles. The summed E-state index contributed by atoms with van der Waals surface area (Å²) in [5, 5.41) is 14.5. The Morgan fingerprint density at radius 2 is 1.65 bits per heavy atom. The Morgan fingerprint density at radius 1 is 1.00 bits per heavy atom. The van der Waals surface area contributed by atoms with E-state index in [0.717, 1.165) is 40.0 Å². The average molecular weight is 700 g/mol. The maximum Gasteiger partial charge on any atom is 0.285 e. The number of amides is 3. The van der Waals surface area contributed by atoms with Crippen molar-refractivity contribution in [1.82, 2.24) is 14.8 Å². The Hall–Kier alpha value is -6.07. The largest absolute Gasteiger partial charge is 0.344 e. The average Bonchev–Trinajstić information content (AvgIpc) is 3.41. The fourth-order valence-electron chi connectivity index (χ4n) is 5.86. The third-order valence-electron chi connectivity index (χ3n) is 8.32. The van der Waals surface area contributed by atoms with Crippen LogP contribution in [0.5, 0.6) is 0 Å². The van der Waals surface area contributed by atoms with Crippen LogP contribution in [0, 0.1) is 30.9 Å². The number of hydrogen-bond donors (Lipinski definition) is 1. The second-order valence-corrected chi connectivity index (χ2v) is 12.6. The predicted octanol–water partition coefficient (Wildman–Crippen LogP) is 7.70. The molecule has 11 heteroatoms. The van der Waals surface area contributed by atoms with Crippen molar-refractivity contribution < 1.29 is 19.3 Å². The van der Waals surface area contributed by atoms with Gasteiger partial charge in [0.05, 0.1) is 16.7 Å². The number of aryl methyl sites for hydroxylation is 2. The van der Waals surface area contributed by atoms with Gasteiger partial charge in [0.1, 0.15) is 5.57 Å². The van der Waals surface area contributed by atoms with Crippen molar-refractivity contribution in [3.63, 3.8) is 0 Å². The van der Waals surface area contributed by atoms with Gasteiger partial charge in [-0.1, -0.05) is 97.2 Å². The molecule has 0 unspecified atom stereocenters. The van der Waals surface area contributed by atoms with Crippen molar-refractivity contribution in [2.75, 3.05) is 5.75 Å². The molecule has 3 amide bonds. The molecular formula is C40H37N5O5S. The van der Waals surface area contributed by atoms with E-state index in [1.807, 2.05) is 85.1 Å². The number of nitro groups is 1. The minimum absolute atomic E-state index is 0.0129. The number of aliphatic imine (C=N–C) groups is 1. The van der Waals surface area contributed by atoms with Crippen LogP contribution in [0.2, 0.25) is 0 Å². The van der Waals surface area contributed by atoms with E-state index in [1.54, 1.807) is 44.2 Å². The molecule has 3 aromatic carbocycles. The molecule has 0 saturated heterocycles. The molecule has 258 valence electrons. The fourth-order valence-corrected chi connectivity index (χ4v) is 6.67. The molecular weight excluding hydrogens is 663 g/mol. The third kappa shape index (κ3) is 8.05. The van der Waals surface area contributed by atoms with E-state index < -0.39 is 22.8 Å². The Labute approximate surface area is 300 Å². The van der Waals surface area contributed by atoms with Crippen LogP contribution in [0.3, 0.4) is 0 Å². The van der Waals surface area contributed by atoms with Gasteiger partial charge in [-0.2, -0.15) is 4.99 Å². The van der Waals surface area contributed by atoms with Crippen molar-refractivity contribution in [3.05, 3.63) is 171 Å². The van der Waals surface area contributed by atoms with Crippen LogP contribution in [-0.2, 0) is 14.4 Å². The molecule has 0 radical (unpaired) electrons. The SMILES string of the molecule is C=C/C=C\C(=C/C)N1C(=O)/C(=C/c2cc(C)n(-c3ccc([N+](=O)[O-])cc3C)c2C)C(=O)N=C1SCC(=O)NC(c1ccccc1)c1ccccc1. The van der Waals surface area contributed by atoms with Gasteiger partial charge in [-0.15, -0.1) is 0 Å². The highest BCUT2D eigenvalue weighted by molar-refractivity contribution is 8.14. The summed E-state index contributed by atoms with van der Waals surface area (Å²) in [6, 6.07) is 25.3. The molecule has 1 aromatic heterocycles. The van der Waals surface area contributed by atoms with Gasteiger partial charge < -0.3 is 9.88 Å². The van der Waals surface area contributed by atoms with Gasteiger partial charge >= 0.3 is 0 Å². The Bertz CT molecular complexity index is 2090. The molecule has 51 heavy (non-hydrogen) atoms. The van der Waals surface area contributed by atoms with Crippen LogP contribution in [0.25, 0.3) is 11.8 Å². The Balaban J connectivity index is 1.46. The Morgan fingerprint density at radius 3 is 2.22 bits per heavy atom. The summed E-state index contributed by atoms with van der Waals surface area (Å²) >= 11 is 0.993. The highest BCUT2D eigenvalue weighted by Gasteiger charge is 2.35. The van der Waals surface area contributed by atoms with Crippen molar-refractivity contribution in [2.45, 2.75) is 33.7 Å². The first-order valence-electron chi connectivity index (χ1n) is 16.1. The number of amidine groups is 1. The van der Waals surface area contributed by atoms with Crippen LogP contribution in [0.1, 0.15) is 46.6 Å². The second kappa shape index (κ2) is 16.1. The summed E-state index contributed by atoms with van der Waals surface area (Å²) in [6.45, 7) is 11.0. The van der Waals surface area contributed by atoms with E-state index in [9.17, 15) is 24.5 Å². The van der Waals surface area contributed by atoms with Crippen LogP contribution in [0.4, 0.5) is 5.69 Å². The lowest BCUT2D eigenvalue weighted by Crippen LogP contribution is -2.42. The summed E-state index contributed by atoms with van der Waals surface area (Å²) in [5.41, 5.74) is 5.70. The molecule has 4 aromatic rings. The summed E-state index contributed by atoms with van der Waals surface area (Å²) in [4.78, 5) is 57.7. The molecule has 1 N–H and O–H groups in total. The zero-order valence-electron chi connectivity index (χ0n) is 28.7. The smallest absolute Gasteiger partial charge is 0.285 e. The number of rotatable bonds is 11. The molecule has 10 nitrogen and oxygen atoms in total. The maximum absolute atomic E-state index is 14.2. The molecule has 0 bridgehead atoms. The van der Waals surface area contributed by atoms with Gasteiger partial charge in [-0.25, -0.2) is 0 Å². The molecule has 2 heterocycles. The zero-order chi connectivity index (χ0) is 36.7. The van der Waals surface area contributed by atoms with E-state index in [1.165, 1.54) is 23.1 Å². The van der Waals surface area contributed by atoms with Crippen molar-refractivity contribution in [2.24, 2.45) is 4.99 Å². The van der Waals surface area contributed by atoms with Crippen molar-refractivity contribution >= 4 is 46.4 Å². The first-order valence-corrected chi connectivity index (χ1v) is 17.1. The molecule has 0 saturated carbocycles. The summed E-state index contributed by atoms with van der Waals surface area (Å²) < 4.78 is 1.92. The first-order chi connectivity index (χ1) is 24.5. The number of allylic oxidation sites excluding steroid dienone is 4. The quantitative estimate of drug-likeness (QED) is 0.0562. The van der Waals surface area contributed by atoms with Crippen molar-refractivity contribution in [3.8, 4) is 5.69 Å². The Kier molecular flexibility index (Phi) is 11.4. The number of carbonyl (C=O) groups excluding carboxylic acids is 3. The number of thioether (sulfide) groups is 1. The zero-order valence-corrected chi connectivity index (χ0v) is 29.5. The lowest BCUT2D eigenvalue weighted by molar-refractivity contribution is -0.384. The third-order valence-corrected chi connectivity index (χ3v) is 9.25. The van der Waals surface area contributed by atoms with Gasteiger partial charge in [0.25, 0.3) is 17.5 Å². The number of carbonyl (C=O) groups is 3. The van der Waals surface area contributed by atoms with Gasteiger partial charge in [0.2, 0.25) is 5.91 Å². The molecule has 0 spiro atoms. The van der Waals surface area contributed by atoms with Gasteiger partial charge in [0.15, 0.2) is 5.17 Å². The van der Waals surface area contributed by atoms with E-state index in [4.69, 9.17) is 0 Å². The number of nitrogens with zero attached hydrogens (tertiary/aromatic N) is 4. The molecule has 5 rings (SSSR count). The maximum atomic E-state index is 14.2. The van der Waals surface area contributed by atoms with E-state index in [0.29, 0.717) is 16.8 Å². The second-order valence-electron chi connectivity index (χ2n) is 11.7. The van der Waals surface area contributed by atoms with E-state index in [-0.39, 0.29) is 28.1 Å². The standard InChI is InChI=1S/C40H37N5O5S/c1-6-8-19-32(7-2)44-39(48)34(24-31-23-27(4)43(28(31)5)35-21-20-33(45(49)50)22-26(35)3)38(47)42-40(44)51-25-36(46)41-37(29-15-11-9-12-16-29)30-17-13-10-14-18-30/h6-24,37H,1,25H2,2-5H3,(H,41,46)/b19-8-,32-7+,34-24+. The number of benzene rings is 3. The first kappa shape index (κ1) is 36.2. The number of hydrogen-bond acceptors (Lipinski definition) is 6. The highest BCUT2D eigenvalue weighted by atomic mass is 32.2. The van der Waals surface area contributed by atoms with E-state index in [2.05, 4.69) is 16.9 Å². The predicted molar refractivity (Wildman–Crippen MR) is 202 cm³/mol. The molecule has 0 atom stereocenters. The number of aromatic nitrogens is 1. The minimum Gasteiger partial charge on any atom is -0.344 e. The van der Waals surface area contributed by atoms with Crippen LogP contribution in [0.15, 0.2) is 132 Å². The number of non-ortho nitro benzene ring substituents is 1. The summed E-state index contributed by atoms with van der Waals surface area (Å²) in [6.07, 6.45) is 8.15. The lowest BCUT2D eigenvalue weighted by atomic mass is 9.99. The topological polar surface area (TPSA) is 127 Å². The fraction of sp³-hybridized carbons (Fsp3) is 0.150. The normalized spacial score (nSPS) is 14.4. The molecule has 0 fully saturated rings. The summed E-state index contributed by atoms with van der Waals surface area (Å²) in [7, 11) is 0. The van der Waals surface area contributed by atoms with Crippen molar-refractivity contribution in [1.29, 1.82) is 0 Å². The lowest BCUT2D eigenvalue weighted by Gasteiger charge is -2.28. The number of nitrogens with one attached hydrogen (secondary N) is 1. The molecule has 0 aliphatic carbocycles. The van der Waals surface area contributed by atoms with Crippen LogP contribution < -0.4 is 5.32 Å². The van der Waals surface area contributed by atoms with Gasteiger partial charge in [0, 0.05) is 34.9 Å². The van der Waals surface area contributed by atoms with Crippen LogP contribution >= 0.6 is 11.8 Å².